The highest BCUT2D eigenvalue weighted by atomic mass is 32.2. The summed E-state index contributed by atoms with van der Waals surface area (Å²) in [6.45, 7) is 4.83. The number of hydrogen-bond donors (Lipinski definition) is 1. The second-order valence-corrected chi connectivity index (χ2v) is 6.91. The molecule has 1 N–H and O–H groups in total. The number of nitrogens with zero attached hydrogens (tertiary/aromatic N) is 1. The fourth-order valence-corrected chi connectivity index (χ4v) is 4.13. The molecule has 0 amide bonds. The Morgan fingerprint density at radius 3 is 2.56 bits per heavy atom. The van der Waals surface area contributed by atoms with Crippen molar-refractivity contribution in [1.29, 1.82) is 0 Å². The zero-order valence-corrected chi connectivity index (χ0v) is 11.6. The summed E-state index contributed by atoms with van der Waals surface area (Å²) in [5.74, 6) is 1.28. The van der Waals surface area contributed by atoms with E-state index in [2.05, 4.69) is 35.9 Å². The topological polar surface area (TPSA) is 15.3 Å². The van der Waals surface area contributed by atoms with Gasteiger partial charge in [-0.3, -0.25) is 0 Å². The maximum Gasteiger partial charge on any atom is 0.00940 e. The van der Waals surface area contributed by atoms with Crippen molar-refractivity contribution < 1.29 is 0 Å². The lowest BCUT2D eigenvalue weighted by molar-refractivity contribution is 0.224. The molecule has 2 nitrogen and oxygen atoms in total. The standard InChI is InChI=1S/C13H26N2S/c1-3-16-13-5-4-12(10-13)14-11-6-8-15(2)9-7-11/h11-14H,3-10H2,1-2H3. The van der Waals surface area contributed by atoms with E-state index < -0.39 is 0 Å². The van der Waals surface area contributed by atoms with Crippen LogP contribution in [0.2, 0.25) is 0 Å². The minimum Gasteiger partial charge on any atom is -0.311 e. The van der Waals surface area contributed by atoms with Crippen LogP contribution in [0.25, 0.3) is 0 Å². The lowest BCUT2D eigenvalue weighted by Crippen LogP contribution is -2.44. The molecular formula is C13H26N2S. The smallest absolute Gasteiger partial charge is 0.00940 e. The number of rotatable bonds is 4. The van der Waals surface area contributed by atoms with Crippen LogP contribution in [0.5, 0.6) is 0 Å². The second-order valence-electron chi connectivity index (χ2n) is 5.33. The number of piperidine rings is 1. The van der Waals surface area contributed by atoms with Gasteiger partial charge in [-0.1, -0.05) is 6.92 Å². The molecule has 2 unspecified atom stereocenters. The maximum atomic E-state index is 3.89. The first kappa shape index (κ1) is 12.7. The Morgan fingerprint density at radius 1 is 1.12 bits per heavy atom. The van der Waals surface area contributed by atoms with Crippen molar-refractivity contribution in [2.45, 2.75) is 56.4 Å². The normalized spacial score (nSPS) is 33.4. The molecule has 0 radical (unpaired) electrons. The Bertz CT molecular complexity index is 202. The Morgan fingerprint density at radius 2 is 1.88 bits per heavy atom. The van der Waals surface area contributed by atoms with E-state index in [1.165, 1.54) is 50.9 Å². The van der Waals surface area contributed by atoms with Gasteiger partial charge in [0.15, 0.2) is 0 Å². The van der Waals surface area contributed by atoms with E-state index in [1.54, 1.807) is 0 Å². The van der Waals surface area contributed by atoms with E-state index in [4.69, 9.17) is 0 Å². The largest absolute Gasteiger partial charge is 0.311 e. The van der Waals surface area contributed by atoms with Gasteiger partial charge in [-0.15, -0.1) is 0 Å². The van der Waals surface area contributed by atoms with Crippen molar-refractivity contribution in [3.05, 3.63) is 0 Å². The molecule has 2 aliphatic rings. The van der Waals surface area contributed by atoms with Crippen LogP contribution in [-0.2, 0) is 0 Å². The van der Waals surface area contributed by atoms with Gasteiger partial charge in [-0.05, 0) is 58.0 Å². The third-order valence-electron chi connectivity index (χ3n) is 3.98. The van der Waals surface area contributed by atoms with Crippen molar-refractivity contribution >= 4 is 11.8 Å². The zero-order valence-electron chi connectivity index (χ0n) is 10.7. The molecule has 2 atom stereocenters. The first-order chi connectivity index (χ1) is 7.78. The molecule has 0 bridgehead atoms. The van der Waals surface area contributed by atoms with Gasteiger partial charge in [-0.2, -0.15) is 11.8 Å². The molecule has 16 heavy (non-hydrogen) atoms. The van der Waals surface area contributed by atoms with Gasteiger partial charge in [0.05, 0.1) is 0 Å². The Balaban J connectivity index is 1.67. The van der Waals surface area contributed by atoms with Gasteiger partial charge >= 0.3 is 0 Å². The predicted molar refractivity (Wildman–Crippen MR) is 73.2 cm³/mol. The predicted octanol–water partition coefficient (Wildman–Crippen LogP) is 2.34. The van der Waals surface area contributed by atoms with Crippen molar-refractivity contribution in [3.8, 4) is 0 Å². The molecular weight excluding hydrogens is 216 g/mol. The van der Waals surface area contributed by atoms with E-state index in [0.29, 0.717) is 0 Å². The van der Waals surface area contributed by atoms with Crippen LogP contribution in [0, 0.1) is 0 Å². The van der Waals surface area contributed by atoms with Crippen LogP contribution in [0.3, 0.4) is 0 Å². The molecule has 0 spiro atoms. The number of hydrogen-bond acceptors (Lipinski definition) is 3. The van der Waals surface area contributed by atoms with Gasteiger partial charge < -0.3 is 10.2 Å². The van der Waals surface area contributed by atoms with E-state index in [1.807, 2.05) is 0 Å². The summed E-state index contributed by atoms with van der Waals surface area (Å²) < 4.78 is 0. The van der Waals surface area contributed by atoms with E-state index in [0.717, 1.165) is 17.3 Å². The summed E-state index contributed by atoms with van der Waals surface area (Å²) in [4.78, 5) is 2.45. The van der Waals surface area contributed by atoms with Crippen LogP contribution in [0.4, 0.5) is 0 Å². The summed E-state index contributed by atoms with van der Waals surface area (Å²) in [7, 11) is 2.24. The van der Waals surface area contributed by atoms with E-state index >= 15 is 0 Å². The SMILES string of the molecule is CCSC1CCC(NC2CCN(C)CC2)C1. The van der Waals surface area contributed by atoms with Gasteiger partial charge in [0, 0.05) is 17.3 Å². The Labute approximate surface area is 105 Å². The van der Waals surface area contributed by atoms with Crippen molar-refractivity contribution in [1.82, 2.24) is 10.2 Å². The lowest BCUT2D eigenvalue weighted by Gasteiger charge is -2.31. The molecule has 3 heteroatoms. The van der Waals surface area contributed by atoms with E-state index in [9.17, 15) is 0 Å². The molecule has 94 valence electrons. The Hall–Kier alpha value is 0.270. The molecule has 0 aromatic carbocycles. The third-order valence-corrected chi connectivity index (χ3v) is 5.21. The second kappa shape index (κ2) is 6.27. The molecule has 2 fully saturated rings. The van der Waals surface area contributed by atoms with Crippen LogP contribution < -0.4 is 5.32 Å². The minimum absolute atomic E-state index is 0.798. The highest BCUT2D eigenvalue weighted by Crippen LogP contribution is 2.30. The maximum absolute atomic E-state index is 3.89. The summed E-state index contributed by atoms with van der Waals surface area (Å²) in [5, 5.41) is 4.83. The quantitative estimate of drug-likeness (QED) is 0.814. The van der Waals surface area contributed by atoms with Crippen LogP contribution >= 0.6 is 11.8 Å². The number of likely N-dealkylation sites (tertiary alicyclic amines) is 1. The summed E-state index contributed by atoms with van der Waals surface area (Å²) in [6.07, 6.45) is 6.94. The molecule has 1 saturated heterocycles. The molecule has 1 saturated carbocycles. The van der Waals surface area contributed by atoms with Crippen molar-refractivity contribution in [2.24, 2.45) is 0 Å². The van der Waals surface area contributed by atoms with Crippen molar-refractivity contribution in [3.63, 3.8) is 0 Å². The summed E-state index contributed by atoms with van der Waals surface area (Å²) in [5.41, 5.74) is 0. The molecule has 0 aromatic rings. The molecule has 2 rings (SSSR count). The molecule has 1 aliphatic carbocycles. The van der Waals surface area contributed by atoms with Gasteiger partial charge in [0.2, 0.25) is 0 Å². The number of thioether (sulfide) groups is 1. The lowest BCUT2D eigenvalue weighted by atomic mass is 10.0. The van der Waals surface area contributed by atoms with Crippen LogP contribution in [-0.4, -0.2) is 48.1 Å². The first-order valence-corrected chi connectivity index (χ1v) is 7.89. The third kappa shape index (κ3) is 3.64. The monoisotopic (exact) mass is 242 g/mol. The molecule has 1 heterocycles. The average Bonchev–Trinajstić information content (AvgIpc) is 2.70. The number of nitrogens with one attached hydrogen (secondary N) is 1. The van der Waals surface area contributed by atoms with Gasteiger partial charge in [0.25, 0.3) is 0 Å². The van der Waals surface area contributed by atoms with E-state index in [-0.39, 0.29) is 0 Å². The highest BCUT2D eigenvalue weighted by molar-refractivity contribution is 7.99. The fourth-order valence-electron chi connectivity index (χ4n) is 2.99. The highest BCUT2D eigenvalue weighted by Gasteiger charge is 2.27. The van der Waals surface area contributed by atoms with Gasteiger partial charge in [0.1, 0.15) is 0 Å². The molecule has 0 aromatic heterocycles. The Kier molecular flexibility index (Phi) is 4.98. The first-order valence-electron chi connectivity index (χ1n) is 6.84. The summed E-state index contributed by atoms with van der Waals surface area (Å²) >= 11 is 2.16. The summed E-state index contributed by atoms with van der Waals surface area (Å²) in [6, 6.07) is 1.61. The molecule has 1 aliphatic heterocycles. The zero-order chi connectivity index (χ0) is 11.4. The average molecular weight is 242 g/mol. The van der Waals surface area contributed by atoms with Gasteiger partial charge in [-0.25, -0.2) is 0 Å². The van der Waals surface area contributed by atoms with Crippen LogP contribution in [0.15, 0.2) is 0 Å². The van der Waals surface area contributed by atoms with Crippen LogP contribution in [0.1, 0.15) is 39.0 Å². The minimum atomic E-state index is 0.798. The van der Waals surface area contributed by atoms with Crippen molar-refractivity contribution in [2.75, 3.05) is 25.9 Å². The fraction of sp³-hybridized carbons (Fsp3) is 1.00.